The average molecular weight is 1040 g/mol. The van der Waals surface area contributed by atoms with Gasteiger partial charge in [0.1, 0.15) is 30.7 Å². The van der Waals surface area contributed by atoms with Crippen molar-refractivity contribution in [3.63, 3.8) is 0 Å². The van der Waals surface area contributed by atoms with Crippen molar-refractivity contribution in [3.8, 4) is 0 Å². The molecule has 0 aliphatic carbocycles. The summed E-state index contributed by atoms with van der Waals surface area (Å²) in [7, 11) is -10.9. The summed E-state index contributed by atoms with van der Waals surface area (Å²) in [6.45, 7) is 4.23. The second-order valence-electron chi connectivity index (χ2n) is 18.2. The van der Waals surface area contributed by atoms with Gasteiger partial charge in [-0.15, -0.1) is 0 Å². The fourth-order valence-electron chi connectivity index (χ4n) is 7.45. The van der Waals surface area contributed by atoms with Crippen LogP contribution in [0, 0.1) is 5.92 Å². The van der Waals surface area contributed by atoms with Crippen LogP contribution in [-0.2, 0) is 51.0 Å². The van der Waals surface area contributed by atoms with Crippen LogP contribution in [0.2, 0.25) is 0 Å². The maximum Gasteiger partial charge on any atom is 0.481 e. The highest BCUT2D eigenvalue weighted by molar-refractivity contribution is 7.61. The number of aromatic nitrogens is 2. The van der Waals surface area contributed by atoms with Crippen molar-refractivity contribution in [3.05, 3.63) is 83.5 Å². The van der Waals surface area contributed by atoms with Crippen LogP contribution in [0.25, 0.3) is 0 Å². The lowest BCUT2D eigenvalue weighted by atomic mass is 10.0. The summed E-state index contributed by atoms with van der Waals surface area (Å²) in [4.78, 5) is 61.9. The highest BCUT2D eigenvalue weighted by atomic mass is 31.3. The van der Waals surface area contributed by atoms with Gasteiger partial charge < -0.3 is 44.7 Å². The number of allylic oxidation sites excluding steroid dienone is 8. The van der Waals surface area contributed by atoms with E-state index in [9.17, 15) is 43.5 Å². The molecule has 0 aromatic carbocycles. The van der Waals surface area contributed by atoms with E-state index >= 15 is 0 Å². The first kappa shape index (κ1) is 61.7. The minimum Gasteiger partial charge on any atom is -0.462 e. The van der Waals surface area contributed by atoms with Crippen molar-refractivity contribution < 1.29 is 71.0 Å². The number of rotatable bonds is 39. The van der Waals surface area contributed by atoms with E-state index in [2.05, 4.69) is 72.6 Å². The second-order valence-corrected chi connectivity index (χ2v) is 21.2. The van der Waals surface area contributed by atoms with Crippen LogP contribution in [0.5, 0.6) is 0 Å². The molecule has 2 aliphatic heterocycles. The lowest BCUT2D eigenvalue weighted by molar-refractivity contribution is -0.161. The van der Waals surface area contributed by atoms with Gasteiger partial charge in [-0.3, -0.25) is 23.2 Å². The molecule has 0 bridgehead atoms. The Morgan fingerprint density at radius 3 is 1.90 bits per heavy atom. The predicted molar refractivity (Wildman–Crippen MR) is 270 cm³/mol. The minimum atomic E-state index is -5.44. The van der Waals surface area contributed by atoms with E-state index in [1.807, 2.05) is 18.2 Å². The maximum absolute atomic E-state index is 12.8. The molecule has 3 rings (SSSR count). The molecule has 1 aromatic heterocycles. The van der Waals surface area contributed by atoms with Gasteiger partial charge in [-0.05, 0) is 63.4 Å². The van der Waals surface area contributed by atoms with Gasteiger partial charge >= 0.3 is 33.3 Å². The van der Waals surface area contributed by atoms with Gasteiger partial charge in [0.15, 0.2) is 12.3 Å². The Morgan fingerprint density at radius 1 is 0.732 bits per heavy atom. The first-order chi connectivity index (χ1) is 34.0. The van der Waals surface area contributed by atoms with Crippen molar-refractivity contribution in [2.24, 2.45) is 5.92 Å². The van der Waals surface area contributed by atoms with Crippen LogP contribution in [-0.4, -0.2) is 97.9 Å². The van der Waals surface area contributed by atoms with Gasteiger partial charge in [0.05, 0.1) is 25.4 Å². The lowest BCUT2D eigenvalue weighted by Crippen LogP contribution is -2.36. The molecular weight excluding hydrogens is 961 g/mol. The van der Waals surface area contributed by atoms with Gasteiger partial charge in [-0.25, -0.2) is 13.9 Å². The molecule has 2 saturated heterocycles. The van der Waals surface area contributed by atoms with Gasteiger partial charge in [-0.2, -0.15) is 9.29 Å². The van der Waals surface area contributed by atoms with E-state index in [0.29, 0.717) is 31.5 Å². The number of ether oxygens (including phenoxy) is 4. The number of hydrogen-bond acceptors (Lipinski definition) is 16. The first-order valence-corrected chi connectivity index (χ1v) is 28.3. The predicted octanol–water partition coefficient (Wildman–Crippen LogP) is 9.18. The summed E-state index contributed by atoms with van der Waals surface area (Å²) in [6.07, 6.45) is 32.3. The third kappa shape index (κ3) is 27.9. The third-order valence-electron chi connectivity index (χ3n) is 11.5. The zero-order valence-electron chi connectivity index (χ0n) is 41.9. The second kappa shape index (κ2) is 34.8. The quantitative estimate of drug-likeness (QED) is 0.0135. The fraction of sp³-hybridized carbons (Fsp3) is 0.680. The number of nitrogens with two attached hydrogens (primary N) is 1. The molecule has 1 aromatic rings. The van der Waals surface area contributed by atoms with Crippen molar-refractivity contribution in [1.82, 2.24) is 9.55 Å². The standard InChI is InChI=1S/C50H81N3O16P2/c1-4-5-24-30-41-42(67-41)31-26-21-17-13-8-6-7-9-14-18-22-27-32-45(54)63-36-40(66-46(55)33-28-23-19-15-11-10-12-16-20-25-29-39(2)3)37-64-70(59,60)69-71(61,62)65-38-43-47(56)48(57)49(68-43)53-35-34-44(51)52-50(53)58/h5,7-9,13,18,21-22,24,26,34-35,39-43,47-49,56-57H,4,6,10-12,14-17,19-20,23,25,27-33,36-38H2,1-3H3,(H,59,60)(H,61,62)(H2,51,52,58)/b9-7-,13-8-,22-18-,24-5-,26-21-/t40-,41?,42?,43-,47-,48-,49-/m1/s1. The van der Waals surface area contributed by atoms with Gasteiger partial charge in [0, 0.05) is 19.0 Å². The zero-order chi connectivity index (χ0) is 51.9. The molecule has 0 spiro atoms. The van der Waals surface area contributed by atoms with E-state index in [1.54, 1.807) is 0 Å². The van der Waals surface area contributed by atoms with Crippen LogP contribution in [0.3, 0.4) is 0 Å². The number of aliphatic hydroxyl groups is 2. The summed E-state index contributed by atoms with van der Waals surface area (Å²) in [5.41, 5.74) is 4.58. The maximum atomic E-state index is 12.8. The van der Waals surface area contributed by atoms with Crippen molar-refractivity contribution in [2.75, 3.05) is 25.6 Å². The van der Waals surface area contributed by atoms with Crippen molar-refractivity contribution >= 4 is 33.4 Å². The molecule has 21 heteroatoms. The van der Waals surface area contributed by atoms with Crippen LogP contribution in [0.15, 0.2) is 77.8 Å². The Balaban J connectivity index is 1.41. The Labute approximate surface area is 419 Å². The number of carbonyl (C=O) groups excluding carboxylic acids is 2. The normalized spacial score (nSPS) is 22.6. The fourth-order valence-corrected chi connectivity index (χ4v) is 9.56. The van der Waals surface area contributed by atoms with E-state index in [1.165, 1.54) is 44.6 Å². The molecule has 6 N–H and O–H groups in total. The molecule has 2 aliphatic rings. The van der Waals surface area contributed by atoms with Crippen LogP contribution >= 0.6 is 15.6 Å². The molecule has 402 valence electrons. The zero-order valence-corrected chi connectivity index (χ0v) is 43.7. The van der Waals surface area contributed by atoms with Crippen molar-refractivity contribution in [2.45, 2.75) is 192 Å². The van der Waals surface area contributed by atoms with E-state index in [0.717, 1.165) is 74.5 Å². The number of aliphatic hydroxyl groups excluding tert-OH is 2. The number of hydrogen-bond donors (Lipinski definition) is 5. The smallest absolute Gasteiger partial charge is 0.462 e. The highest BCUT2D eigenvalue weighted by Crippen LogP contribution is 2.60. The molecule has 19 nitrogen and oxygen atoms in total. The average Bonchev–Trinajstić information content (AvgIpc) is 4.00. The number of nitrogen functional groups attached to an aromatic ring is 1. The van der Waals surface area contributed by atoms with Gasteiger partial charge in [-0.1, -0.05) is 146 Å². The number of phosphoric ester groups is 2. The first-order valence-electron chi connectivity index (χ1n) is 25.3. The third-order valence-corrected chi connectivity index (χ3v) is 14.1. The topological polar surface area (TPSA) is 278 Å². The monoisotopic (exact) mass is 1040 g/mol. The number of anilines is 1. The SMILES string of the molecule is CC/C=C\CC1OC1C/C=C\C/C=C\C/C=C\C/C=C\CCC(=O)OC[C@H](COP(=O)(O)OP(=O)(O)OC[C@H]1O[C@@H](n2ccc(N)nc2=O)[C@H](O)[C@@H]1O)OC(=O)CCCCCCCCCCCCC(C)C. The van der Waals surface area contributed by atoms with Crippen LogP contribution in [0.4, 0.5) is 5.82 Å². The molecule has 0 saturated carbocycles. The van der Waals surface area contributed by atoms with E-state index in [4.69, 9.17) is 33.7 Å². The lowest BCUT2D eigenvalue weighted by Gasteiger charge is -2.21. The largest absolute Gasteiger partial charge is 0.481 e. The molecule has 71 heavy (non-hydrogen) atoms. The number of esters is 2. The molecule has 0 radical (unpaired) electrons. The number of unbranched alkanes of at least 4 members (excludes halogenated alkanes) is 9. The van der Waals surface area contributed by atoms with Gasteiger partial charge in [0.25, 0.3) is 0 Å². The van der Waals surface area contributed by atoms with Crippen molar-refractivity contribution in [1.29, 1.82) is 0 Å². The number of nitrogens with zero attached hydrogens (tertiary/aromatic N) is 2. The van der Waals surface area contributed by atoms with E-state index in [-0.39, 0.29) is 18.7 Å². The Bertz CT molecular complexity index is 2010. The van der Waals surface area contributed by atoms with Crippen LogP contribution < -0.4 is 11.4 Å². The molecule has 4 unspecified atom stereocenters. The number of phosphoric acid groups is 2. The minimum absolute atomic E-state index is 0.00299. The number of epoxide rings is 1. The van der Waals surface area contributed by atoms with E-state index < -0.39 is 83.7 Å². The molecular formula is C50H81N3O16P2. The molecule has 2 fully saturated rings. The molecule has 3 heterocycles. The Hall–Kier alpha value is -3.58. The van der Waals surface area contributed by atoms with Crippen LogP contribution in [0.1, 0.15) is 155 Å². The summed E-state index contributed by atoms with van der Waals surface area (Å²) in [5, 5.41) is 20.9. The molecule has 9 atom stereocenters. The Morgan fingerprint density at radius 2 is 1.30 bits per heavy atom. The highest BCUT2D eigenvalue weighted by Gasteiger charge is 2.46. The molecule has 0 amide bonds. The van der Waals surface area contributed by atoms with Gasteiger partial charge in [0.2, 0.25) is 0 Å². The number of carbonyl (C=O) groups is 2. The summed E-state index contributed by atoms with van der Waals surface area (Å²) >= 11 is 0. The summed E-state index contributed by atoms with van der Waals surface area (Å²) < 4.78 is 62.3. The Kier molecular flexibility index (Phi) is 30.2. The summed E-state index contributed by atoms with van der Waals surface area (Å²) in [6, 6.07) is 1.24. The summed E-state index contributed by atoms with van der Waals surface area (Å²) in [5.74, 6) is -0.664.